The highest BCUT2D eigenvalue weighted by atomic mass is 35.5. The fourth-order valence-corrected chi connectivity index (χ4v) is 15.0. The summed E-state index contributed by atoms with van der Waals surface area (Å²) in [6, 6.07) is 21.4. The summed E-state index contributed by atoms with van der Waals surface area (Å²) in [5.74, 6) is -2.08. The highest BCUT2D eigenvalue weighted by Gasteiger charge is 2.35. The van der Waals surface area contributed by atoms with Crippen LogP contribution in [-0.2, 0) is 56.8 Å². The number of urea groups is 1. The molecule has 4 heterocycles. The third kappa shape index (κ3) is 17.4. The molecule has 17 nitrogen and oxygen atoms in total. The largest absolute Gasteiger partial charge is 0.380 e. The van der Waals surface area contributed by atoms with Gasteiger partial charge >= 0.3 is 6.03 Å². The number of rotatable bonds is 28. The average molecular weight is 1210 g/mol. The molecule has 21 heteroatoms. The molecule has 2 fully saturated rings. The lowest BCUT2D eigenvalue weighted by Gasteiger charge is -2.34. The fourth-order valence-electron chi connectivity index (χ4n) is 12.0. The number of unbranched alkanes of at least 4 members (excludes halogenated alkanes) is 2. The van der Waals surface area contributed by atoms with Gasteiger partial charge in [0.2, 0.25) is 5.91 Å². The molecule has 3 amide bonds. The molecule has 2 unspecified atom stereocenters. The zero-order chi connectivity index (χ0) is 58.6. The summed E-state index contributed by atoms with van der Waals surface area (Å²) in [4.78, 5) is 60.2. The minimum Gasteiger partial charge on any atom is -0.380 e. The molecule has 4 aliphatic rings. The molecule has 8 rings (SSSR count). The summed E-state index contributed by atoms with van der Waals surface area (Å²) in [6.45, 7) is 13.0. The molecular formula is C61H81Cl2N7O10S2. The molecule has 0 spiro atoms. The minimum absolute atomic E-state index is 0.0434. The highest BCUT2D eigenvalue weighted by Crippen LogP contribution is 2.39. The van der Waals surface area contributed by atoms with Gasteiger partial charge in [0.25, 0.3) is 10.0 Å². The summed E-state index contributed by atoms with van der Waals surface area (Å²) in [6.07, 6.45) is 4.96. The monoisotopic (exact) mass is 1210 g/mol. The number of sulfonamides is 1. The number of benzene rings is 4. The molecule has 446 valence electrons. The highest BCUT2D eigenvalue weighted by molar-refractivity contribution is 7.92. The van der Waals surface area contributed by atoms with E-state index in [1.54, 1.807) is 30.3 Å². The lowest BCUT2D eigenvalue weighted by atomic mass is 9.83. The van der Waals surface area contributed by atoms with Crippen LogP contribution in [0, 0.1) is 25.7 Å². The molecule has 0 radical (unpaired) electrons. The lowest BCUT2D eigenvalue weighted by Crippen LogP contribution is -2.38. The number of likely N-dealkylation sites (N-methyl/N-ethyl adjacent to an activating group) is 2. The second-order valence-electron chi connectivity index (χ2n) is 22.9. The van der Waals surface area contributed by atoms with Crippen molar-refractivity contribution in [1.82, 2.24) is 35.0 Å². The standard InChI is InChI=1S/C61H81Cl2N7O10S2/c1-42-29-48(62)33-53-55(42)37-67(3)39-57(53)44-11-8-15-51(31-44)81(75,76)41-59(72)46-17-21-69(35-46)23-27-79-25-10-14-50(71)13-6-5-7-19-64-61(74)65-20-26-80-28-24-70-22-18-47(36-70)60(73)66-82(77,78)52-16-9-12-45(32-52)58-40-68(4)38-56-43(2)30-49(63)34-54(56)58/h8-9,11-12,15-16,29-34,46-47,57-58H,5-7,10,13-14,17-28,35-41H2,1-4H3,(H,66,73)(H2,64,65,74)/t46-,47-,57?,58?/m1/s1. The van der Waals surface area contributed by atoms with Crippen LogP contribution in [0.5, 0.6) is 0 Å². The number of fused-ring (bicyclic) bond motifs is 2. The van der Waals surface area contributed by atoms with E-state index in [-0.39, 0.29) is 45.1 Å². The first-order chi connectivity index (χ1) is 39.2. The molecule has 82 heavy (non-hydrogen) atoms. The average Bonchev–Trinajstić information content (AvgIpc) is 4.19. The number of nitrogens with one attached hydrogen (secondary N) is 3. The molecule has 0 saturated carbocycles. The van der Waals surface area contributed by atoms with Crippen molar-refractivity contribution >= 4 is 66.6 Å². The number of aryl methyl sites for hydroxylation is 2. The Morgan fingerprint density at radius 2 is 1.15 bits per heavy atom. The van der Waals surface area contributed by atoms with Crippen molar-refractivity contribution in [2.24, 2.45) is 11.8 Å². The van der Waals surface area contributed by atoms with Gasteiger partial charge in [-0.1, -0.05) is 53.9 Å². The summed E-state index contributed by atoms with van der Waals surface area (Å²) in [7, 11) is -3.86. The first kappa shape index (κ1) is 63.2. The minimum atomic E-state index is -4.11. The first-order valence-corrected chi connectivity index (χ1v) is 32.7. The predicted molar refractivity (Wildman–Crippen MR) is 319 cm³/mol. The van der Waals surface area contributed by atoms with E-state index in [9.17, 15) is 36.0 Å². The third-order valence-electron chi connectivity index (χ3n) is 16.5. The van der Waals surface area contributed by atoms with E-state index in [0.717, 1.165) is 72.3 Å². The van der Waals surface area contributed by atoms with Crippen LogP contribution < -0.4 is 15.4 Å². The number of hydrogen-bond donors (Lipinski definition) is 3. The van der Waals surface area contributed by atoms with Crippen molar-refractivity contribution < 1.29 is 45.5 Å². The molecule has 4 aliphatic heterocycles. The van der Waals surface area contributed by atoms with Crippen LogP contribution in [-0.4, -0.2) is 172 Å². The van der Waals surface area contributed by atoms with Crippen molar-refractivity contribution in [3.63, 3.8) is 0 Å². The maximum Gasteiger partial charge on any atom is 0.314 e. The first-order valence-electron chi connectivity index (χ1n) is 28.8. The van der Waals surface area contributed by atoms with E-state index in [0.29, 0.717) is 127 Å². The summed E-state index contributed by atoms with van der Waals surface area (Å²) in [5.41, 5.74) is 8.54. The van der Waals surface area contributed by atoms with Gasteiger partial charge in [-0.05, 0) is 166 Å². The van der Waals surface area contributed by atoms with Crippen molar-refractivity contribution in [1.29, 1.82) is 0 Å². The molecular weight excluding hydrogens is 1130 g/mol. The van der Waals surface area contributed by atoms with Crippen molar-refractivity contribution in [2.75, 3.05) is 112 Å². The van der Waals surface area contributed by atoms with Crippen LogP contribution in [0.3, 0.4) is 0 Å². The Morgan fingerprint density at radius 3 is 1.77 bits per heavy atom. The normalized spacial score (nSPS) is 19.9. The zero-order valence-corrected chi connectivity index (χ0v) is 51.0. The Kier molecular flexibility index (Phi) is 22.6. The van der Waals surface area contributed by atoms with E-state index in [1.165, 1.54) is 17.2 Å². The second-order valence-corrected chi connectivity index (χ2v) is 27.4. The van der Waals surface area contributed by atoms with Crippen LogP contribution >= 0.6 is 23.2 Å². The van der Waals surface area contributed by atoms with Crippen molar-refractivity contribution in [2.45, 2.75) is 99.9 Å². The molecule has 4 atom stereocenters. The number of hydrogen-bond acceptors (Lipinski definition) is 14. The number of likely N-dealkylation sites (tertiary alicyclic amines) is 2. The summed E-state index contributed by atoms with van der Waals surface area (Å²) >= 11 is 12.9. The Balaban J connectivity index is 0.611. The topological polar surface area (TPSA) is 204 Å². The van der Waals surface area contributed by atoms with E-state index < -0.39 is 37.4 Å². The third-order valence-corrected chi connectivity index (χ3v) is 19.9. The Morgan fingerprint density at radius 1 is 0.610 bits per heavy atom. The van der Waals surface area contributed by atoms with Crippen LogP contribution in [0.25, 0.3) is 0 Å². The molecule has 2 saturated heterocycles. The van der Waals surface area contributed by atoms with Gasteiger partial charge in [0.1, 0.15) is 11.5 Å². The molecule has 4 aromatic rings. The second kappa shape index (κ2) is 29.3. The van der Waals surface area contributed by atoms with E-state index in [4.69, 9.17) is 32.7 Å². The Hall–Kier alpha value is -4.80. The fraction of sp³-hybridized carbons (Fsp3) is 0.541. The quantitative estimate of drug-likeness (QED) is 0.0472. The smallest absolute Gasteiger partial charge is 0.314 e. The lowest BCUT2D eigenvalue weighted by molar-refractivity contribution is -0.123. The van der Waals surface area contributed by atoms with Gasteiger partial charge in [0.15, 0.2) is 15.6 Å². The van der Waals surface area contributed by atoms with Crippen LogP contribution in [0.1, 0.15) is 108 Å². The van der Waals surface area contributed by atoms with Gasteiger partial charge in [0.05, 0.1) is 35.5 Å². The van der Waals surface area contributed by atoms with Gasteiger partial charge in [-0.2, -0.15) is 0 Å². The number of amides is 3. The van der Waals surface area contributed by atoms with Gasteiger partial charge in [-0.25, -0.2) is 26.4 Å². The Bertz CT molecular complexity index is 2940. The maximum atomic E-state index is 13.6. The summed E-state index contributed by atoms with van der Waals surface area (Å²) < 4.78 is 68.1. The number of sulfone groups is 1. The molecule has 4 aromatic carbocycles. The SMILES string of the molecule is Cc1cc(Cl)cc2c1CN(C)CC2c1cccc(S(=O)(=O)CC(=O)[C@@H]2CCN(CCOCCCC(=O)CCCCCNC(=O)NCCOCCN3CC[C@@H](C(=O)NS(=O)(=O)c4cccc(C5CN(C)Cc6c(C)cc(Cl)cc65)c4)C3)C2)c1. The van der Waals surface area contributed by atoms with Crippen molar-refractivity contribution in [3.05, 3.63) is 127 Å². The maximum absolute atomic E-state index is 13.6. The van der Waals surface area contributed by atoms with E-state index >= 15 is 0 Å². The summed E-state index contributed by atoms with van der Waals surface area (Å²) in [5, 5.41) is 6.93. The van der Waals surface area contributed by atoms with Crippen molar-refractivity contribution in [3.8, 4) is 0 Å². The molecule has 0 bridgehead atoms. The number of carbonyl (C=O) groups excluding carboxylic acids is 4. The van der Waals surface area contributed by atoms with Crippen LogP contribution in [0.2, 0.25) is 10.0 Å². The number of ketones is 2. The zero-order valence-electron chi connectivity index (χ0n) is 47.9. The van der Waals surface area contributed by atoms with Gasteiger partial charge < -0.3 is 39.7 Å². The van der Waals surface area contributed by atoms with E-state index in [2.05, 4.69) is 42.0 Å². The van der Waals surface area contributed by atoms with Gasteiger partial charge in [-0.15, -0.1) is 0 Å². The van der Waals surface area contributed by atoms with E-state index in [1.807, 2.05) is 57.3 Å². The van der Waals surface area contributed by atoms with Crippen LogP contribution in [0.15, 0.2) is 82.6 Å². The number of Topliss-reactive ketones (excluding diaryl/α,β-unsaturated/α-hetero) is 2. The van der Waals surface area contributed by atoms with Crippen LogP contribution in [0.4, 0.5) is 4.79 Å². The number of ether oxygens (including phenoxy) is 2. The predicted octanol–water partition coefficient (Wildman–Crippen LogP) is 7.50. The van der Waals surface area contributed by atoms with Gasteiger partial charge in [-0.3, -0.25) is 14.4 Å². The molecule has 0 aromatic heterocycles. The molecule has 3 N–H and O–H groups in total. The van der Waals surface area contributed by atoms with Gasteiger partial charge in [0, 0.05) is 113 Å². The Labute approximate surface area is 495 Å². The number of carbonyl (C=O) groups is 4. The number of nitrogens with zero attached hydrogens (tertiary/aromatic N) is 4. The number of halogens is 2. The molecule has 0 aliphatic carbocycles.